The van der Waals surface area contributed by atoms with Crippen LogP contribution < -0.4 is 5.73 Å². The maximum atomic E-state index is 10.7. The lowest BCUT2D eigenvalue weighted by atomic mass is 9.87. The molecule has 0 aromatic heterocycles. The highest BCUT2D eigenvalue weighted by molar-refractivity contribution is 5.44. The lowest BCUT2D eigenvalue weighted by molar-refractivity contribution is -0.385. The van der Waals surface area contributed by atoms with E-state index in [1.54, 1.807) is 0 Å². The van der Waals surface area contributed by atoms with Gasteiger partial charge in [-0.05, 0) is 24.8 Å². The minimum atomic E-state index is -0.486. The molecule has 3 N–H and O–H groups in total. The molecule has 1 aliphatic heterocycles. The maximum absolute atomic E-state index is 10.7. The van der Waals surface area contributed by atoms with Gasteiger partial charge in [-0.1, -0.05) is 0 Å². The fourth-order valence-electron chi connectivity index (χ4n) is 2.25. The van der Waals surface area contributed by atoms with E-state index >= 15 is 0 Å². The molecule has 18 heavy (non-hydrogen) atoms. The highest BCUT2D eigenvalue weighted by atomic mass is 16.6. The van der Waals surface area contributed by atoms with Crippen LogP contribution in [0.3, 0.4) is 0 Å². The summed E-state index contributed by atoms with van der Waals surface area (Å²) in [6, 6.07) is 3.56. The highest BCUT2D eigenvalue weighted by Crippen LogP contribution is 2.34. The van der Waals surface area contributed by atoms with Crippen LogP contribution in [0.4, 0.5) is 5.69 Å². The molecule has 0 unspecified atom stereocenters. The van der Waals surface area contributed by atoms with Crippen molar-refractivity contribution in [2.45, 2.75) is 18.9 Å². The lowest BCUT2D eigenvalue weighted by Crippen LogP contribution is -2.27. The number of nitro groups is 1. The van der Waals surface area contributed by atoms with Crippen LogP contribution in [0, 0.1) is 16.0 Å². The van der Waals surface area contributed by atoms with Gasteiger partial charge in [0.05, 0.1) is 4.92 Å². The first-order valence-electron chi connectivity index (χ1n) is 5.90. The quantitative estimate of drug-likeness (QED) is 0.630. The zero-order valence-electron chi connectivity index (χ0n) is 9.91. The Morgan fingerprint density at radius 1 is 1.44 bits per heavy atom. The second-order valence-corrected chi connectivity index (χ2v) is 4.48. The molecule has 2 rings (SSSR count). The van der Waals surface area contributed by atoms with E-state index in [1.165, 1.54) is 18.2 Å². The van der Waals surface area contributed by atoms with Gasteiger partial charge >= 0.3 is 0 Å². The van der Waals surface area contributed by atoms with Crippen molar-refractivity contribution in [3.8, 4) is 5.75 Å². The molecule has 6 heteroatoms. The summed E-state index contributed by atoms with van der Waals surface area (Å²) >= 11 is 0. The Morgan fingerprint density at radius 3 is 2.72 bits per heavy atom. The smallest absolute Gasteiger partial charge is 0.270 e. The number of nitrogens with zero attached hydrogens (tertiary/aromatic N) is 1. The minimum absolute atomic E-state index is 0.0135. The topological polar surface area (TPSA) is 98.6 Å². The fourth-order valence-corrected chi connectivity index (χ4v) is 2.25. The summed E-state index contributed by atoms with van der Waals surface area (Å²) in [4.78, 5) is 10.2. The van der Waals surface area contributed by atoms with Gasteiger partial charge in [-0.2, -0.15) is 0 Å². The van der Waals surface area contributed by atoms with Crippen molar-refractivity contribution in [3.05, 3.63) is 33.9 Å². The van der Waals surface area contributed by atoms with Gasteiger partial charge in [0, 0.05) is 37.0 Å². The summed E-state index contributed by atoms with van der Waals surface area (Å²) in [5, 5.41) is 20.5. The number of rotatable bonds is 3. The van der Waals surface area contributed by atoms with E-state index in [0.717, 1.165) is 12.8 Å². The van der Waals surface area contributed by atoms with Crippen LogP contribution in [-0.2, 0) is 4.74 Å². The van der Waals surface area contributed by atoms with Crippen molar-refractivity contribution in [2.24, 2.45) is 11.7 Å². The van der Waals surface area contributed by atoms with E-state index in [0.29, 0.717) is 18.8 Å². The Morgan fingerprint density at radius 2 is 2.11 bits per heavy atom. The molecular weight excluding hydrogens is 236 g/mol. The molecular formula is C12H16N2O4. The average molecular weight is 252 g/mol. The van der Waals surface area contributed by atoms with Crippen molar-refractivity contribution >= 4 is 5.69 Å². The number of hydrogen-bond donors (Lipinski definition) is 2. The van der Waals surface area contributed by atoms with Gasteiger partial charge < -0.3 is 15.6 Å². The third-order valence-electron chi connectivity index (χ3n) is 3.35. The van der Waals surface area contributed by atoms with Crippen molar-refractivity contribution < 1.29 is 14.8 Å². The predicted molar refractivity (Wildman–Crippen MR) is 65.2 cm³/mol. The maximum Gasteiger partial charge on any atom is 0.270 e. The second kappa shape index (κ2) is 5.32. The number of nitro benzene ring substituents is 1. The summed E-state index contributed by atoms with van der Waals surface area (Å²) in [5.41, 5.74) is 6.49. The first kappa shape index (κ1) is 12.8. The Bertz CT molecular complexity index is 444. The Hall–Kier alpha value is -1.66. The number of benzene rings is 1. The molecule has 1 atom stereocenters. The Kier molecular flexibility index (Phi) is 3.78. The van der Waals surface area contributed by atoms with Crippen LogP contribution in [0.25, 0.3) is 0 Å². The molecule has 0 radical (unpaired) electrons. The summed E-state index contributed by atoms with van der Waals surface area (Å²) in [6.07, 6.45) is 1.62. The van der Waals surface area contributed by atoms with Crippen LogP contribution in [-0.4, -0.2) is 23.2 Å². The van der Waals surface area contributed by atoms with E-state index in [9.17, 15) is 15.2 Å². The SMILES string of the molecule is N[C@@H](c1cc([N+](=O)[O-])ccc1O)C1CCOCC1. The van der Waals surface area contributed by atoms with E-state index < -0.39 is 11.0 Å². The minimum Gasteiger partial charge on any atom is -0.508 e. The van der Waals surface area contributed by atoms with Gasteiger partial charge in [0.1, 0.15) is 5.75 Å². The molecule has 98 valence electrons. The number of nitrogens with two attached hydrogens (primary N) is 1. The fraction of sp³-hybridized carbons (Fsp3) is 0.500. The molecule has 0 bridgehead atoms. The molecule has 6 nitrogen and oxygen atoms in total. The van der Waals surface area contributed by atoms with E-state index in [2.05, 4.69) is 0 Å². The lowest BCUT2D eigenvalue weighted by Gasteiger charge is -2.28. The average Bonchev–Trinajstić information content (AvgIpc) is 2.39. The van der Waals surface area contributed by atoms with Crippen LogP contribution in [0.2, 0.25) is 0 Å². The van der Waals surface area contributed by atoms with Gasteiger partial charge in [0.25, 0.3) is 5.69 Å². The molecule has 0 aliphatic carbocycles. The predicted octanol–water partition coefficient (Wildman–Crippen LogP) is 1.73. The number of hydrogen-bond acceptors (Lipinski definition) is 5. The highest BCUT2D eigenvalue weighted by Gasteiger charge is 2.25. The van der Waals surface area contributed by atoms with Crippen molar-refractivity contribution in [1.82, 2.24) is 0 Å². The second-order valence-electron chi connectivity index (χ2n) is 4.48. The van der Waals surface area contributed by atoms with Crippen LogP contribution >= 0.6 is 0 Å². The van der Waals surface area contributed by atoms with Crippen LogP contribution in [0.5, 0.6) is 5.75 Å². The number of ether oxygens (including phenoxy) is 1. The third kappa shape index (κ3) is 2.60. The number of non-ortho nitro benzene ring substituents is 1. The number of aromatic hydroxyl groups is 1. The first-order chi connectivity index (χ1) is 8.59. The molecule has 1 aromatic rings. The Balaban J connectivity index is 2.25. The van der Waals surface area contributed by atoms with Gasteiger partial charge in [0.2, 0.25) is 0 Å². The largest absolute Gasteiger partial charge is 0.508 e. The van der Waals surface area contributed by atoms with Gasteiger partial charge in [-0.25, -0.2) is 0 Å². The van der Waals surface area contributed by atoms with Crippen molar-refractivity contribution in [2.75, 3.05) is 13.2 Å². The summed E-state index contributed by atoms with van der Waals surface area (Å²) in [6.45, 7) is 1.29. The third-order valence-corrected chi connectivity index (χ3v) is 3.35. The number of phenolic OH excluding ortho intramolecular Hbond substituents is 1. The monoisotopic (exact) mass is 252 g/mol. The molecule has 1 heterocycles. The zero-order valence-corrected chi connectivity index (χ0v) is 9.91. The molecule has 1 aliphatic rings. The van der Waals surface area contributed by atoms with E-state index in [1.807, 2.05) is 0 Å². The van der Waals surface area contributed by atoms with Crippen LogP contribution in [0.15, 0.2) is 18.2 Å². The summed E-state index contributed by atoms with van der Waals surface area (Å²) in [5.74, 6) is 0.200. The molecule has 0 saturated carbocycles. The van der Waals surface area contributed by atoms with Crippen LogP contribution in [0.1, 0.15) is 24.4 Å². The molecule has 1 aromatic carbocycles. The van der Waals surface area contributed by atoms with Crippen molar-refractivity contribution in [1.29, 1.82) is 0 Å². The van der Waals surface area contributed by atoms with E-state index in [-0.39, 0.29) is 17.4 Å². The Labute approximate surface area is 105 Å². The normalized spacial score (nSPS) is 18.5. The summed E-state index contributed by atoms with van der Waals surface area (Å²) < 4.78 is 5.25. The summed E-state index contributed by atoms with van der Waals surface area (Å²) in [7, 11) is 0. The van der Waals surface area contributed by atoms with Gasteiger partial charge in [-0.3, -0.25) is 10.1 Å². The molecule has 0 amide bonds. The van der Waals surface area contributed by atoms with Gasteiger partial charge in [-0.15, -0.1) is 0 Å². The van der Waals surface area contributed by atoms with Gasteiger partial charge in [0.15, 0.2) is 0 Å². The standard InChI is InChI=1S/C12H16N2O4/c13-12(8-3-5-18-6-4-8)10-7-9(14(16)17)1-2-11(10)15/h1-2,7-8,12,15H,3-6,13H2/t12-/m1/s1. The van der Waals surface area contributed by atoms with Crippen molar-refractivity contribution in [3.63, 3.8) is 0 Å². The molecule has 1 fully saturated rings. The van der Waals surface area contributed by atoms with E-state index in [4.69, 9.17) is 10.5 Å². The molecule has 0 spiro atoms. The number of phenols is 1. The zero-order chi connectivity index (χ0) is 13.1. The first-order valence-corrected chi connectivity index (χ1v) is 5.90. The molecule has 1 saturated heterocycles.